The number of ether oxygens (including phenoxy) is 1. The number of methoxy groups -OCH3 is 1. The van der Waals surface area contributed by atoms with Crippen LogP contribution in [0.5, 0.6) is 5.75 Å². The maximum atomic E-state index is 12.1. The lowest BCUT2D eigenvalue weighted by atomic mass is 10.2. The fourth-order valence-corrected chi connectivity index (χ4v) is 2.98. The molecule has 5 heteroatoms. The highest BCUT2D eigenvalue weighted by Crippen LogP contribution is 2.27. The Balaban J connectivity index is 1.68. The van der Waals surface area contributed by atoms with Crippen molar-refractivity contribution in [2.75, 3.05) is 12.4 Å². The fourth-order valence-electron chi connectivity index (χ4n) is 2.17. The summed E-state index contributed by atoms with van der Waals surface area (Å²) >= 11 is 1.52. The van der Waals surface area contributed by atoms with Gasteiger partial charge in [-0.3, -0.25) is 4.79 Å². The van der Waals surface area contributed by atoms with Crippen LogP contribution in [-0.2, 0) is 11.2 Å². The van der Waals surface area contributed by atoms with Gasteiger partial charge in [0.2, 0.25) is 5.91 Å². The molecular weight excluding hydrogens is 308 g/mol. The molecule has 0 aliphatic carbocycles. The van der Waals surface area contributed by atoms with Gasteiger partial charge in [-0.15, -0.1) is 11.3 Å². The SMILES string of the molecule is COc1cccc(-c2nc(CC(=O)Nc3ccccc3)cs2)c1. The summed E-state index contributed by atoms with van der Waals surface area (Å²) in [6.07, 6.45) is 0.259. The molecule has 0 spiro atoms. The van der Waals surface area contributed by atoms with Crippen LogP contribution in [0.2, 0.25) is 0 Å². The monoisotopic (exact) mass is 324 g/mol. The minimum absolute atomic E-state index is 0.0707. The van der Waals surface area contributed by atoms with E-state index in [1.165, 1.54) is 11.3 Å². The van der Waals surface area contributed by atoms with Crippen LogP contribution in [0, 0.1) is 0 Å². The highest BCUT2D eigenvalue weighted by Gasteiger charge is 2.10. The van der Waals surface area contributed by atoms with Gasteiger partial charge in [0.05, 0.1) is 19.2 Å². The normalized spacial score (nSPS) is 10.3. The maximum Gasteiger partial charge on any atom is 0.230 e. The van der Waals surface area contributed by atoms with E-state index in [1.807, 2.05) is 60.0 Å². The van der Waals surface area contributed by atoms with Gasteiger partial charge >= 0.3 is 0 Å². The summed E-state index contributed by atoms with van der Waals surface area (Å²) in [6, 6.07) is 17.2. The van der Waals surface area contributed by atoms with Gasteiger partial charge in [-0.25, -0.2) is 4.98 Å². The van der Waals surface area contributed by atoms with Gasteiger partial charge in [0, 0.05) is 16.6 Å². The van der Waals surface area contributed by atoms with E-state index in [9.17, 15) is 4.79 Å². The topological polar surface area (TPSA) is 51.2 Å². The summed E-state index contributed by atoms with van der Waals surface area (Å²) in [4.78, 5) is 16.6. The Bertz CT molecular complexity index is 800. The molecule has 0 fully saturated rings. The lowest BCUT2D eigenvalue weighted by Gasteiger charge is -2.03. The number of aromatic nitrogens is 1. The molecule has 4 nitrogen and oxygen atoms in total. The molecule has 1 amide bonds. The third kappa shape index (κ3) is 3.96. The van der Waals surface area contributed by atoms with E-state index < -0.39 is 0 Å². The van der Waals surface area contributed by atoms with Crippen LogP contribution >= 0.6 is 11.3 Å². The van der Waals surface area contributed by atoms with E-state index in [-0.39, 0.29) is 12.3 Å². The second-order valence-electron chi connectivity index (χ2n) is 4.97. The first kappa shape index (κ1) is 15.2. The lowest BCUT2D eigenvalue weighted by Crippen LogP contribution is -2.14. The molecule has 0 saturated heterocycles. The molecule has 1 aromatic heterocycles. The zero-order chi connectivity index (χ0) is 16.1. The lowest BCUT2D eigenvalue weighted by molar-refractivity contribution is -0.115. The van der Waals surface area contributed by atoms with Crippen molar-refractivity contribution in [2.45, 2.75) is 6.42 Å². The Morgan fingerprint density at radius 1 is 1.17 bits per heavy atom. The number of nitrogens with zero attached hydrogens (tertiary/aromatic N) is 1. The van der Waals surface area contributed by atoms with Crippen LogP contribution in [0.25, 0.3) is 10.6 Å². The first-order chi connectivity index (χ1) is 11.2. The van der Waals surface area contributed by atoms with E-state index in [1.54, 1.807) is 7.11 Å². The molecule has 0 unspecified atom stereocenters. The Labute approximate surface area is 138 Å². The molecule has 0 aliphatic rings. The molecule has 23 heavy (non-hydrogen) atoms. The average molecular weight is 324 g/mol. The number of nitrogens with one attached hydrogen (secondary N) is 1. The van der Waals surface area contributed by atoms with Crippen molar-refractivity contribution in [1.82, 2.24) is 4.98 Å². The van der Waals surface area contributed by atoms with E-state index in [0.29, 0.717) is 0 Å². The van der Waals surface area contributed by atoms with E-state index in [0.717, 1.165) is 27.7 Å². The molecule has 3 rings (SSSR count). The second-order valence-corrected chi connectivity index (χ2v) is 5.83. The molecule has 0 radical (unpaired) electrons. The Morgan fingerprint density at radius 2 is 2.00 bits per heavy atom. The molecule has 0 saturated carbocycles. The zero-order valence-corrected chi connectivity index (χ0v) is 13.5. The third-order valence-electron chi connectivity index (χ3n) is 3.27. The summed E-state index contributed by atoms with van der Waals surface area (Å²) < 4.78 is 5.23. The average Bonchev–Trinajstić information content (AvgIpc) is 3.04. The van der Waals surface area contributed by atoms with E-state index >= 15 is 0 Å². The summed E-state index contributed by atoms with van der Waals surface area (Å²) in [5, 5.41) is 5.66. The number of para-hydroxylation sites is 1. The van der Waals surface area contributed by atoms with Crippen molar-refractivity contribution in [1.29, 1.82) is 0 Å². The van der Waals surface area contributed by atoms with Gasteiger partial charge in [0.1, 0.15) is 10.8 Å². The Kier molecular flexibility index (Phi) is 4.68. The quantitative estimate of drug-likeness (QED) is 0.772. The second kappa shape index (κ2) is 7.07. The van der Waals surface area contributed by atoms with Gasteiger partial charge in [-0.05, 0) is 24.3 Å². The molecule has 116 valence electrons. The van der Waals surface area contributed by atoms with Crippen molar-refractivity contribution in [3.05, 3.63) is 65.7 Å². The molecule has 1 N–H and O–H groups in total. The van der Waals surface area contributed by atoms with Gasteiger partial charge in [0.25, 0.3) is 0 Å². The van der Waals surface area contributed by atoms with Gasteiger partial charge in [-0.1, -0.05) is 30.3 Å². The Morgan fingerprint density at radius 3 is 2.78 bits per heavy atom. The minimum atomic E-state index is -0.0707. The number of carbonyl (C=O) groups is 1. The third-order valence-corrected chi connectivity index (χ3v) is 4.21. The van der Waals surface area contributed by atoms with Crippen molar-refractivity contribution in [3.8, 4) is 16.3 Å². The first-order valence-electron chi connectivity index (χ1n) is 7.18. The molecule has 1 heterocycles. The number of carbonyl (C=O) groups excluding carboxylic acids is 1. The molecule has 2 aromatic carbocycles. The van der Waals surface area contributed by atoms with Crippen LogP contribution in [-0.4, -0.2) is 18.0 Å². The van der Waals surface area contributed by atoms with E-state index in [4.69, 9.17) is 4.74 Å². The molecule has 0 bridgehead atoms. The molecule has 0 atom stereocenters. The summed E-state index contributed by atoms with van der Waals surface area (Å²) in [5.74, 6) is 0.722. The number of anilines is 1. The highest BCUT2D eigenvalue weighted by atomic mass is 32.1. The fraction of sp³-hybridized carbons (Fsp3) is 0.111. The summed E-state index contributed by atoms with van der Waals surface area (Å²) in [5.41, 5.74) is 2.55. The summed E-state index contributed by atoms with van der Waals surface area (Å²) in [7, 11) is 1.64. The number of benzene rings is 2. The van der Waals surface area contributed by atoms with Crippen LogP contribution in [0.1, 0.15) is 5.69 Å². The van der Waals surface area contributed by atoms with Crippen LogP contribution in [0.4, 0.5) is 5.69 Å². The predicted molar refractivity (Wildman–Crippen MR) is 92.9 cm³/mol. The highest BCUT2D eigenvalue weighted by molar-refractivity contribution is 7.13. The maximum absolute atomic E-state index is 12.1. The predicted octanol–water partition coefficient (Wildman–Crippen LogP) is 4.00. The number of hydrogen-bond acceptors (Lipinski definition) is 4. The zero-order valence-electron chi connectivity index (χ0n) is 12.7. The smallest absolute Gasteiger partial charge is 0.230 e. The Hall–Kier alpha value is -2.66. The standard InChI is InChI=1S/C18H16N2O2S/c1-22-16-9-5-6-13(10-16)18-20-15(12-23-18)11-17(21)19-14-7-3-2-4-8-14/h2-10,12H,11H2,1H3,(H,19,21). The molecule has 0 aliphatic heterocycles. The molecular formula is C18H16N2O2S. The van der Waals surface area contributed by atoms with Crippen molar-refractivity contribution in [3.63, 3.8) is 0 Å². The first-order valence-corrected chi connectivity index (χ1v) is 8.06. The van der Waals surface area contributed by atoms with Crippen LogP contribution < -0.4 is 10.1 Å². The van der Waals surface area contributed by atoms with Gasteiger partial charge < -0.3 is 10.1 Å². The van der Waals surface area contributed by atoms with Gasteiger partial charge in [0.15, 0.2) is 0 Å². The van der Waals surface area contributed by atoms with Gasteiger partial charge in [-0.2, -0.15) is 0 Å². The minimum Gasteiger partial charge on any atom is -0.497 e. The van der Waals surface area contributed by atoms with Crippen molar-refractivity contribution in [2.24, 2.45) is 0 Å². The van der Waals surface area contributed by atoms with Crippen LogP contribution in [0.15, 0.2) is 60.0 Å². The summed E-state index contributed by atoms with van der Waals surface area (Å²) in [6.45, 7) is 0. The number of rotatable bonds is 5. The number of amides is 1. The van der Waals surface area contributed by atoms with Crippen LogP contribution in [0.3, 0.4) is 0 Å². The molecule has 3 aromatic rings. The largest absolute Gasteiger partial charge is 0.497 e. The van der Waals surface area contributed by atoms with E-state index in [2.05, 4.69) is 10.3 Å². The number of thiazole rings is 1. The number of hydrogen-bond donors (Lipinski definition) is 1. The van der Waals surface area contributed by atoms with Crippen molar-refractivity contribution >= 4 is 22.9 Å². The van der Waals surface area contributed by atoms with Crippen molar-refractivity contribution < 1.29 is 9.53 Å².